The van der Waals surface area contributed by atoms with E-state index in [1.54, 1.807) is 20.8 Å². The zero-order valence-electron chi connectivity index (χ0n) is 11.2. The SMILES string of the molecule is CC(C)(C)OC(=O)NCc1cnc(OC(F)F)c(Br)c1. The molecule has 0 aliphatic rings. The van der Waals surface area contributed by atoms with Crippen molar-refractivity contribution in [3.05, 3.63) is 22.3 Å². The number of hydrogen-bond acceptors (Lipinski definition) is 4. The Hall–Kier alpha value is -1.44. The Morgan fingerprint density at radius 3 is 2.65 bits per heavy atom. The maximum atomic E-state index is 12.1. The fraction of sp³-hybridized carbons (Fsp3) is 0.500. The molecule has 0 saturated carbocycles. The highest BCUT2D eigenvalue weighted by Crippen LogP contribution is 2.24. The summed E-state index contributed by atoms with van der Waals surface area (Å²) in [4.78, 5) is 15.2. The number of rotatable bonds is 4. The lowest BCUT2D eigenvalue weighted by Crippen LogP contribution is -2.32. The first-order valence-electron chi connectivity index (χ1n) is 5.73. The molecular weight excluding hydrogens is 338 g/mol. The molecular formula is C12H15BrF2N2O3. The van der Waals surface area contributed by atoms with Crippen LogP contribution in [0.1, 0.15) is 26.3 Å². The van der Waals surface area contributed by atoms with Crippen molar-refractivity contribution in [2.75, 3.05) is 0 Å². The molecule has 20 heavy (non-hydrogen) atoms. The van der Waals surface area contributed by atoms with E-state index in [0.29, 0.717) is 5.56 Å². The molecule has 0 atom stereocenters. The highest BCUT2D eigenvalue weighted by molar-refractivity contribution is 9.10. The average Bonchev–Trinajstić information content (AvgIpc) is 2.27. The summed E-state index contributed by atoms with van der Waals surface area (Å²) in [6.45, 7) is 2.48. The molecule has 112 valence electrons. The van der Waals surface area contributed by atoms with Crippen LogP contribution in [0.25, 0.3) is 0 Å². The minimum Gasteiger partial charge on any atom is -0.444 e. The number of amides is 1. The first kappa shape index (κ1) is 16.6. The maximum absolute atomic E-state index is 12.1. The predicted octanol–water partition coefficient (Wildman–Crippen LogP) is 3.47. The second kappa shape index (κ2) is 6.83. The van der Waals surface area contributed by atoms with E-state index in [-0.39, 0.29) is 16.9 Å². The smallest absolute Gasteiger partial charge is 0.407 e. The van der Waals surface area contributed by atoms with Gasteiger partial charge < -0.3 is 14.8 Å². The molecule has 1 amide bonds. The Labute approximate surface area is 123 Å². The van der Waals surface area contributed by atoms with E-state index in [1.165, 1.54) is 12.3 Å². The molecule has 0 saturated heterocycles. The van der Waals surface area contributed by atoms with Gasteiger partial charge in [0.1, 0.15) is 5.60 Å². The zero-order chi connectivity index (χ0) is 15.3. The van der Waals surface area contributed by atoms with Gasteiger partial charge in [0.15, 0.2) is 0 Å². The largest absolute Gasteiger partial charge is 0.444 e. The van der Waals surface area contributed by atoms with Gasteiger partial charge in [0, 0.05) is 12.7 Å². The standard InChI is InChI=1S/C12H15BrF2N2O3/c1-12(2,3)20-11(18)17-6-7-4-8(13)9(16-5-7)19-10(14)15/h4-5,10H,6H2,1-3H3,(H,17,18). The number of halogens is 3. The fourth-order valence-electron chi connectivity index (χ4n) is 1.22. The van der Waals surface area contributed by atoms with Gasteiger partial charge in [-0.05, 0) is 48.3 Å². The second-order valence-corrected chi connectivity index (χ2v) is 5.72. The number of nitrogens with zero attached hydrogens (tertiary/aromatic N) is 1. The van der Waals surface area contributed by atoms with E-state index in [9.17, 15) is 13.6 Å². The third-order valence-electron chi connectivity index (χ3n) is 1.90. The van der Waals surface area contributed by atoms with Crippen LogP contribution in [0.15, 0.2) is 16.7 Å². The highest BCUT2D eigenvalue weighted by atomic mass is 79.9. The lowest BCUT2D eigenvalue weighted by molar-refractivity contribution is -0.0534. The van der Waals surface area contributed by atoms with Crippen molar-refractivity contribution in [1.82, 2.24) is 10.3 Å². The Balaban J connectivity index is 2.57. The average molecular weight is 353 g/mol. The van der Waals surface area contributed by atoms with E-state index < -0.39 is 18.3 Å². The first-order valence-corrected chi connectivity index (χ1v) is 6.53. The molecule has 1 N–H and O–H groups in total. The van der Waals surface area contributed by atoms with Gasteiger partial charge >= 0.3 is 12.7 Å². The summed E-state index contributed by atoms with van der Waals surface area (Å²) in [5, 5.41) is 2.53. The second-order valence-electron chi connectivity index (χ2n) is 4.86. The molecule has 0 unspecified atom stereocenters. The highest BCUT2D eigenvalue weighted by Gasteiger charge is 2.16. The van der Waals surface area contributed by atoms with Gasteiger partial charge in [0.05, 0.1) is 4.47 Å². The zero-order valence-corrected chi connectivity index (χ0v) is 12.8. The van der Waals surface area contributed by atoms with Crippen LogP contribution in [0.5, 0.6) is 5.88 Å². The fourth-order valence-corrected chi connectivity index (χ4v) is 1.71. The Morgan fingerprint density at radius 1 is 1.50 bits per heavy atom. The number of nitrogens with one attached hydrogen (secondary N) is 1. The van der Waals surface area contributed by atoms with Crippen LogP contribution in [0.2, 0.25) is 0 Å². The van der Waals surface area contributed by atoms with Crippen LogP contribution in [0.3, 0.4) is 0 Å². The van der Waals surface area contributed by atoms with E-state index in [1.807, 2.05) is 0 Å². The maximum Gasteiger partial charge on any atom is 0.407 e. The Morgan fingerprint density at radius 2 is 2.15 bits per heavy atom. The summed E-state index contributed by atoms with van der Waals surface area (Å²) < 4.78 is 33.6. The molecule has 0 spiro atoms. The van der Waals surface area contributed by atoms with Gasteiger partial charge in [-0.1, -0.05) is 0 Å². The quantitative estimate of drug-likeness (QED) is 0.901. The van der Waals surface area contributed by atoms with E-state index in [4.69, 9.17) is 4.74 Å². The van der Waals surface area contributed by atoms with Crippen LogP contribution < -0.4 is 10.1 Å². The molecule has 1 rings (SSSR count). The van der Waals surface area contributed by atoms with Crippen LogP contribution in [-0.4, -0.2) is 23.3 Å². The number of alkyl carbamates (subject to hydrolysis) is 1. The van der Waals surface area contributed by atoms with Crippen molar-refractivity contribution in [3.8, 4) is 5.88 Å². The minimum atomic E-state index is -2.94. The Bertz CT molecular complexity index is 478. The predicted molar refractivity (Wildman–Crippen MR) is 71.6 cm³/mol. The summed E-state index contributed by atoms with van der Waals surface area (Å²) in [5.41, 5.74) is 0.0297. The summed E-state index contributed by atoms with van der Waals surface area (Å²) in [5.74, 6) is -0.207. The van der Waals surface area contributed by atoms with Gasteiger partial charge in [-0.15, -0.1) is 0 Å². The molecule has 1 aromatic heterocycles. The van der Waals surface area contributed by atoms with E-state index in [0.717, 1.165) is 0 Å². The van der Waals surface area contributed by atoms with Crippen LogP contribution in [0.4, 0.5) is 13.6 Å². The monoisotopic (exact) mass is 352 g/mol. The molecule has 1 heterocycles. The topological polar surface area (TPSA) is 60.5 Å². The van der Waals surface area contributed by atoms with Crippen LogP contribution >= 0.6 is 15.9 Å². The number of pyridine rings is 1. The molecule has 0 aromatic carbocycles. The van der Waals surface area contributed by atoms with Crippen LogP contribution in [0, 0.1) is 0 Å². The molecule has 0 aliphatic heterocycles. The van der Waals surface area contributed by atoms with Crippen molar-refractivity contribution in [2.45, 2.75) is 39.5 Å². The molecule has 0 fully saturated rings. The molecule has 0 bridgehead atoms. The molecule has 1 aromatic rings. The van der Waals surface area contributed by atoms with Gasteiger partial charge in [0.25, 0.3) is 0 Å². The van der Waals surface area contributed by atoms with Gasteiger partial charge in [-0.2, -0.15) is 8.78 Å². The third-order valence-corrected chi connectivity index (χ3v) is 2.47. The van der Waals surface area contributed by atoms with Crippen molar-refractivity contribution < 1.29 is 23.0 Å². The number of alkyl halides is 2. The molecule has 8 heteroatoms. The summed E-state index contributed by atoms with van der Waals surface area (Å²) in [7, 11) is 0. The van der Waals surface area contributed by atoms with Crippen LogP contribution in [-0.2, 0) is 11.3 Å². The molecule has 0 radical (unpaired) electrons. The number of hydrogen-bond donors (Lipinski definition) is 1. The van der Waals surface area contributed by atoms with E-state index >= 15 is 0 Å². The number of ether oxygens (including phenoxy) is 2. The minimum absolute atomic E-state index is 0.162. The summed E-state index contributed by atoms with van der Waals surface area (Å²) >= 11 is 3.07. The van der Waals surface area contributed by atoms with Crippen molar-refractivity contribution >= 4 is 22.0 Å². The van der Waals surface area contributed by atoms with Gasteiger partial charge in [-0.25, -0.2) is 9.78 Å². The lowest BCUT2D eigenvalue weighted by atomic mass is 10.2. The van der Waals surface area contributed by atoms with Crippen molar-refractivity contribution in [3.63, 3.8) is 0 Å². The lowest BCUT2D eigenvalue weighted by Gasteiger charge is -2.19. The molecule has 0 aliphatic carbocycles. The normalized spacial score (nSPS) is 11.3. The first-order chi connectivity index (χ1) is 9.17. The van der Waals surface area contributed by atoms with Crippen molar-refractivity contribution in [2.24, 2.45) is 0 Å². The van der Waals surface area contributed by atoms with Crippen molar-refractivity contribution in [1.29, 1.82) is 0 Å². The summed E-state index contributed by atoms with van der Waals surface area (Å²) in [6, 6.07) is 1.53. The number of carbonyl (C=O) groups excluding carboxylic acids is 1. The van der Waals surface area contributed by atoms with Gasteiger partial charge in [0.2, 0.25) is 5.88 Å². The van der Waals surface area contributed by atoms with Gasteiger partial charge in [-0.3, -0.25) is 0 Å². The Kier molecular flexibility index (Phi) is 5.67. The number of carbonyl (C=O) groups is 1. The molecule has 5 nitrogen and oxygen atoms in total. The number of aromatic nitrogens is 1. The third kappa shape index (κ3) is 6.14. The summed E-state index contributed by atoms with van der Waals surface area (Å²) in [6.07, 6.45) is 0.765. The van der Waals surface area contributed by atoms with E-state index in [2.05, 4.69) is 31.0 Å².